The van der Waals surface area contributed by atoms with Crippen LogP contribution in [0.4, 0.5) is 24.5 Å². The number of anilines is 2. The van der Waals surface area contributed by atoms with Crippen LogP contribution in [0.3, 0.4) is 0 Å². The molecule has 3 N–H and O–H groups in total. The van der Waals surface area contributed by atoms with Crippen LogP contribution in [0.1, 0.15) is 56.5 Å². The van der Waals surface area contributed by atoms with Crippen molar-refractivity contribution in [2.24, 2.45) is 5.92 Å². The number of hydrogen-bond acceptors (Lipinski definition) is 6. The topological polar surface area (TPSA) is 119 Å². The SMILES string of the molecule is CCCCN(CC)C(=O)c1ccc(N2CCNCC2)c(NS(=O)(=O)c2ccc(CC(C)C)cc2)c1.O=C(O)C(F)(F)F. The summed E-state index contributed by atoms with van der Waals surface area (Å²) in [6, 6.07) is 12.4. The zero-order valence-electron chi connectivity index (χ0n) is 24.5. The average molecular weight is 615 g/mol. The summed E-state index contributed by atoms with van der Waals surface area (Å²) in [6.07, 6.45) is -2.24. The fourth-order valence-corrected chi connectivity index (χ4v) is 5.41. The number of rotatable bonds is 11. The summed E-state index contributed by atoms with van der Waals surface area (Å²) >= 11 is 0. The highest BCUT2D eigenvalue weighted by molar-refractivity contribution is 7.92. The number of unbranched alkanes of at least 4 members (excludes halogenated alkanes) is 1. The molecule has 1 saturated heterocycles. The first-order valence-corrected chi connectivity index (χ1v) is 15.5. The Morgan fingerprint density at radius 1 is 1.07 bits per heavy atom. The minimum atomic E-state index is -5.08. The van der Waals surface area contributed by atoms with Gasteiger partial charge in [-0.2, -0.15) is 13.2 Å². The third kappa shape index (κ3) is 10.5. The van der Waals surface area contributed by atoms with Gasteiger partial charge >= 0.3 is 12.1 Å². The number of piperazine rings is 1. The lowest BCUT2D eigenvalue weighted by Crippen LogP contribution is -2.43. The minimum Gasteiger partial charge on any atom is -0.475 e. The van der Waals surface area contributed by atoms with Crippen LogP contribution >= 0.6 is 0 Å². The molecular formula is C29H41F3N4O5S. The van der Waals surface area contributed by atoms with E-state index in [0.717, 1.165) is 56.7 Å². The van der Waals surface area contributed by atoms with Gasteiger partial charge in [-0.15, -0.1) is 0 Å². The Bertz CT molecular complexity index is 1280. The van der Waals surface area contributed by atoms with Crippen molar-refractivity contribution in [3.8, 4) is 0 Å². The van der Waals surface area contributed by atoms with Crippen molar-refractivity contribution in [3.63, 3.8) is 0 Å². The van der Waals surface area contributed by atoms with Crippen molar-refractivity contribution < 1.29 is 36.3 Å². The second kappa shape index (κ2) is 15.8. The van der Waals surface area contributed by atoms with E-state index in [1.807, 2.05) is 36.1 Å². The molecule has 0 unspecified atom stereocenters. The maximum Gasteiger partial charge on any atom is 0.490 e. The molecule has 0 saturated carbocycles. The third-order valence-electron chi connectivity index (χ3n) is 6.52. The first-order valence-electron chi connectivity index (χ1n) is 14.0. The summed E-state index contributed by atoms with van der Waals surface area (Å²) in [5, 5.41) is 10.5. The molecule has 0 atom stereocenters. The minimum absolute atomic E-state index is 0.0775. The first kappa shape index (κ1) is 34.9. The number of aliphatic carboxylic acids is 1. The van der Waals surface area contributed by atoms with Crippen LogP contribution in [0.5, 0.6) is 0 Å². The van der Waals surface area contributed by atoms with Crippen molar-refractivity contribution in [1.82, 2.24) is 10.2 Å². The molecule has 3 rings (SSSR count). The van der Waals surface area contributed by atoms with Crippen LogP contribution in [0.25, 0.3) is 0 Å². The standard InChI is InChI=1S/C27H40N4O3S.C2HF3O2/c1-5-7-16-30(6-2)27(32)23-10-13-26(31-17-14-28-15-18-31)25(20-23)29-35(33,34)24-11-8-22(9-12-24)19-21(3)4;3-2(4,5)1(6)7/h8-13,20-21,28-29H,5-7,14-19H2,1-4H3;(H,6,7). The van der Waals surface area contributed by atoms with E-state index >= 15 is 0 Å². The number of carboxylic acid groups (broad SMARTS) is 1. The Balaban J connectivity index is 0.000000782. The zero-order valence-corrected chi connectivity index (χ0v) is 25.3. The van der Waals surface area contributed by atoms with Gasteiger partial charge in [0.15, 0.2) is 0 Å². The van der Waals surface area contributed by atoms with Gasteiger partial charge in [0.1, 0.15) is 0 Å². The Kier molecular flexibility index (Phi) is 13.1. The average Bonchev–Trinajstić information content (AvgIpc) is 2.93. The predicted octanol–water partition coefficient (Wildman–Crippen LogP) is 4.99. The number of carbonyl (C=O) groups is 2. The normalized spacial score (nSPS) is 13.8. The van der Waals surface area contributed by atoms with Gasteiger partial charge < -0.3 is 20.2 Å². The highest BCUT2D eigenvalue weighted by atomic mass is 32.2. The zero-order chi connectivity index (χ0) is 31.5. The van der Waals surface area contributed by atoms with Crippen molar-refractivity contribution >= 4 is 33.3 Å². The van der Waals surface area contributed by atoms with Gasteiger partial charge in [-0.1, -0.05) is 39.3 Å². The van der Waals surface area contributed by atoms with Crippen LogP contribution in [-0.2, 0) is 21.2 Å². The number of nitrogens with zero attached hydrogens (tertiary/aromatic N) is 2. The maximum absolute atomic E-state index is 13.3. The molecular weight excluding hydrogens is 573 g/mol. The highest BCUT2D eigenvalue weighted by Gasteiger charge is 2.38. The lowest BCUT2D eigenvalue weighted by molar-refractivity contribution is -0.192. The molecule has 234 valence electrons. The van der Waals surface area contributed by atoms with Crippen molar-refractivity contribution in [2.45, 2.75) is 58.0 Å². The fraction of sp³-hybridized carbons (Fsp3) is 0.517. The number of halogens is 3. The van der Waals surface area contributed by atoms with Gasteiger partial charge in [0, 0.05) is 44.8 Å². The van der Waals surface area contributed by atoms with Crippen LogP contribution in [0, 0.1) is 5.92 Å². The van der Waals surface area contributed by atoms with Crippen molar-refractivity contribution in [3.05, 3.63) is 53.6 Å². The molecule has 13 heteroatoms. The van der Waals surface area contributed by atoms with Crippen molar-refractivity contribution in [1.29, 1.82) is 0 Å². The number of carbonyl (C=O) groups excluding carboxylic acids is 1. The van der Waals surface area contributed by atoms with Crippen LogP contribution in [0.15, 0.2) is 47.4 Å². The summed E-state index contributed by atoms with van der Waals surface area (Å²) in [4.78, 5) is 26.3. The molecule has 0 bridgehead atoms. The monoisotopic (exact) mass is 614 g/mol. The molecule has 1 aliphatic rings. The number of nitrogens with one attached hydrogen (secondary N) is 2. The van der Waals surface area contributed by atoms with Crippen LogP contribution in [0.2, 0.25) is 0 Å². The van der Waals surface area contributed by atoms with E-state index in [2.05, 4.69) is 35.7 Å². The summed E-state index contributed by atoms with van der Waals surface area (Å²) < 4.78 is 61.2. The molecule has 2 aromatic carbocycles. The van der Waals surface area contributed by atoms with E-state index in [4.69, 9.17) is 9.90 Å². The molecule has 42 heavy (non-hydrogen) atoms. The number of hydrogen-bond donors (Lipinski definition) is 3. The van der Waals surface area contributed by atoms with Crippen molar-refractivity contribution in [2.75, 3.05) is 48.9 Å². The van der Waals surface area contributed by atoms with Gasteiger partial charge in [0.2, 0.25) is 0 Å². The molecule has 1 aliphatic heterocycles. The maximum atomic E-state index is 13.3. The predicted molar refractivity (Wildman–Crippen MR) is 157 cm³/mol. The lowest BCUT2D eigenvalue weighted by atomic mass is 10.0. The lowest BCUT2D eigenvalue weighted by Gasteiger charge is -2.31. The summed E-state index contributed by atoms with van der Waals surface area (Å²) in [5.41, 5.74) is 2.84. The summed E-state index contributed by atoms with van der Waals surface area (Å²) in [6.45, 7) is 12.8. The first-order chi connectivity index (χ1) is 19.7. The molecule has 0 aliphatic carbocycles. The number of carboxylic acids is 1. The number of alkyl halides is 3. The van der Waals surface area contributed by atoms with Crippen LogP contribution in [-0.4, -0.2) is 75.7 Å². The third-order valence-corrected chi connectivity index (χ3v) is 7.90. The van der Waals surface area contributed by atoms with Gasteiger partial charge in [0.05, 0.1) is 16.3 Å². The van der Waals surface area contributed by atoms with E-state index in [1.165, 1.54) is 0 Å². The van der Waals surface area contributed by atoms with Crippen LogP contribution < -0.4 is 14.9 Å². The fourth-order valence-electron chi connectivity index (χ4n) is 4.35. The molecule has 0 spiro atoms. The van der Waals surface area contributed by atoms with E-state index in [0.29, 0.717) is 30.3 Å². The Morgan fingerprint density at radius 2 is 1.67 bits per heavy atom. The molecule has 1 heterocycles. The second-order valence-electron chi connectivity index (χ2n) is 10.4. The van der Waals surface area contributed by atoms with E-state index in [-0.39, 0.29) is 10.8 Å². The number of benzene rings is 2. The second-order valence-corrected chi connectivity index (χ2v) is 12.0. The number of amides is 1. The van der Waals surface area contributed by atoms with E-state index in [1.54, 1.807) is 18.2 Å². The van der Waals surface area contributed by atoms with Gasteiger partial charge in [-0.05, 0) is 61.6 Å². The Labute approximate surface area is 246 Å². The summed E-state index contributed by atoms with van der Waals surface area (Å²) in [7, 11) is -3.82. The smallest absolute Gasteiger partial charge is 0.475 e. The van der Waals surface area contributed by atoms with Gasteiger partial charge in [0.25, 0.3) is 15.9 Å². The molecule has 1 fully saturated rings. The Morgan fingerprint density at radius 3 is 2.17 bits per heavy atom. The quantitative estimate of drug-likeness (QED) is 0.326. The van der Waals surface area contributed by atoms with Gasteiger partial charge in [-0.3, -0.25) is 9.52 Å². The van der Waals surface area contributed by atoms with E-state index in [9.17, 15) is 26.4 Å². The van der Waals surface area contributed by atoms with Gasteiger partial charge in [-0.25, -0.2) is 13.2 Å². The molecule has 0 aromatic heterocycles. The largest absolute Gasteiger partial charge is 0.490 e. The molecule has 0 radical (unpaired) electrons. The molecule has 2 aromatic rings. The summed E-state index contributed by atoms with van der Waals surface area (Å²) in [5.74, 6) is -2.34. The van der Waals surface area contributed by atoms with E-state index < -0.39 is 22.2 Å². The number of sulfonamides is 1. The highest BCUT2D eigenvalue weighted by Crippen LogP contribution is 2.31. The molecule has 9 nitrogen and oxygen atoms in total. The molecule has 1 amide bonds. The Hall–Kier alpha value is -3.32.